The summed E-state index contributed by atoms with van der Waals surface area (Å²) in [6.45, 7) is 8.94. The number of halogens is 3. The van der Waals surface area contributed by atoms with Gasteiger partial charge in [-0.1, -0.05) is 12.1 Å². The minimum Gasteiger partial charge on any atom is -0.744 e. The van der Waals surface area contributed by atoms with Crippen molar-refractivity contribution in [1.29, 1.82) is 5.26 Å². The molecule has 1 atom stereocenters. The van der Waals surface area contributed by atoms with E-state index in [-0.39, 0.29) is 57.8 Å². The van der Waals surface area contributed by atoms with Gasteiger partial charge in [-0.2, -0.15) is 18.4 Å². The second kappa shape index (κ2) is 9.78. The Balaban J connectivity index is 0.00000408. The second-order valence-electron chi connectivity index (χ2n) is 7.08. The van der Waals surface area contributed by atoms with Crippen molar-refractivity contribution in [3.63, 3.8) is 0 Å². The molecule has 0 bridgehead atoms. The van der Waals surface area contributed by atoms with Gasteiger partial charge in [-0.05, 0) is 42.8 Å². The van der Waals surface area contributed by atoms with Gasteiger partial charge in [-0.3, -0.25) is 4.90 Å². The number of amides is 2. The molecule has 3 rings (SSSR count). The Bertz CT molecular complexity index is 1380. The van der Waals surface area contributed by atoms with Gasteiger partial charge in [0.15, 0.2) is 0 Å². The molecule has 0 aliphatic carbocycles. The van der Waals surface area contributed by atoms with Crippen LogP contribution in [0.25, 0.3) is 4.85 Å². The Labute approximate surface area is 215 Å². The van der Waals surface area contributed by atoms with E-state index in [4.69, 9.17) is 11.8 Å². The van der Waals surface area contributed by atoms with Crippen LogP contribution in [0.4, 0.5) is 23.7 Å². The fourth-order valence-corrected chi connectivity index (χ4v) is 4.32. The molecule has 0 fully saturated rings. The summed E-state index contributed by atoms with van der Waals surface area (Å²) in [5.74, 6) is 0. The Morgan fingerprint density at radius 2 is 1.85 bits per heavy atom. The van der Waals surface area contributed by atoms with Crippen LogP contribution in [0.2, 0.25) is 0 Å². The first kappa shape index (κ1) is 27.4. The molecule has 0 spiro atoms. The first-order valence-corrected chi connectivity index (χ1v) is 10.5. The molecular formula is C21H14F3N4NaO4S. The molecule has 0 unspecified atom stereocenters. The molecule has 1 heterocycles. The van der Waals surface area contributed by atoms with Crippen molar-refractivity contribution >= 4 is 21.8 Å². The van der Waals surface area contributed by atoms with Crippen LogP contribution in [-0.2, 0) is 16.3 Å². The standard InChI is InChI=1S/C21H15F3N4O4S.Na/c1-12-18(26-2)19(16-8-7-13(11-25)9-17(16)33(30,31)32)27(3)20(29)28(12)15-6-4-5-14(10-15)21(22,23)24;/h4-10,19H,1,3H3,(H,30,31,32);/q;+1/p-1/t19-;/m1./s1. The summed E-state index contributed by atoms with van der Waals surface area (Å²) >= 11 is 0. The third-order valence-corrected chi connectivity index (χ3v) is 6.00. The van der Waals surface area contributed by atoms with E-state index in [0.29, 0.717) is 0 Å². The molecule has 0 aromatic heterocycles. The molecule has 2 aromatic carbocycles. The van der Waals surface area contributed by atoms with Crippen molar-refractivity contribution in [3.05, 3.63) is 82.0 Å². The summed E-state index contributed by atoms with van der Waals surface area (Å²) in [4.78, 5) is 17.7. The fraction of sp³-hybridized carbons (Fsp3) is 0.190. The molecule has 0 radical (unpaired) electrons. The first-order chi connectivity index (χ1) is 15.3. The summed E-state index contributed by atoms with van der Waals surface area (Å²) in [7, 11) is -3.87. The minimum atomic E-state index is -5.10. The zero-order chi connectivity index (χ0) is 24.7. The summed E-state index contributed by atoms with van der Waals surface area (Å²) in [6.07, 6.45) is -4.66. The SMILES string of the molecule is [C-]#[N+]C1=C(C)N(c2cccc(C(F)(F)F)c2)C(=O)N(C)[C@@H]1c1ccc(C#N)cc1S(=O)(=O)[O-].[Na+]. The summed E-state index contributed by atoms with van der Waals surface area (Å²) < 4.78 is 75.1. The topological polar surface area (TPSA) is 109 Å². The van der Waals surface area contributed by atoms with E-state index in [1.54, 1.807) is 6.07 Å². The van der Waals surface area contributed by atoms with Crippen LogP contribution < -0.4 is 34.5 Å². The molecule has 1 aliphatic rings. The first-order valence-electron chi connectivity index (χ1n) is 9.13. The van der Waals surface area contributed by atoms with Gasteiger partial charge in [0.25, 0.3) is 0 Å². The monoisotopic (exact) mass is 498 g/mol. The average molecular weight is 498 g/mol. The van der Waals surface area contributed by atoms with E-state index < -0.39 is 38.8 Å². The number of nitrogens with zero attached hydrogens (tertiary/aromatic N) is 4. The van der Waals surface area contributed by atoms with Gasteiger partial charge in [-0.15, -0.1) is 0 Å². The average Bonchev–Trinajstić information content (AvgIpc) is 2.75. The molecule has 1 aliphatic heterocycles. The second-order valence-corrected chi connectivity index (χ2v) is 8.43. The van der Waals surface area contributed by atoms with Crippen LogP contribution >= 0.6 is 0 Å². The van der Waals surface area contributed by atoms with Crippen molar-refractivity contribution in [3.8, 4) is 6.07 Å². The summed E-state index contributed by atoms with van der Waals surface area (Å²) in [5.41, 5.74) is -1.67. The van der Waals surface area contributed by atoms with Crippen LogP contribution in [0.1, 0.15) is 29.7 Å². The number of carbonyl (C=O) groups excluding carboxylic acids is 1. The molecule has 2 aromatic rings. The van der Waals surface area contributed by atoms with Crippen LogP contribution in [0, 0.1) is 17.9 Å². The molecule has 8 nitrogen and oxygen atoms in total. The third-order valence-electron chi connectivity index (χ3n) is 5.10. The number of alkyl halides is 3. The summed E-state index contributed by atoms with van der Waals surface area (Å²) in [5, 5.41) is 9.05. The zero-order valence-electron chi connectivity index (χ0n) is 18.1. The maximum absolute atomic E-state index is 13.2. The number of allylic oxidation sites excluding steroid dienone is 1. The quantitative estimate of drug-likeness (QED) is 0.360. The van der Waals surface area contributed by atoms with E-state index in [0.717, 1.165) is 40.1 Å². The van der Waals surface area contributed by atoms with E-state index in [1.165, 1.54) is 26.1 Å². The Kier molecular flexibility index (Phi) is 7.87. The molecule has 0 saturated heterocycles. The number of likely N-dealkylation sites (N-methyl/N-ethyl adjacent to an activating group) is 1. The van der Waals surface area contributed by atoms with Gasteiger partial charge in [0.05, 0.1) is 34.7 Å². The molecule has 34 heavy (non-hydrogen) atoms. The van der Waals surface area contributed by atoms with Crippen molar-refractivity contribution in [2.75, 3.05) is 11.9 Å². The largest absolute Gasteiger partial charge is 1.00 e. The van der Waals surface area contributed by atoms with Gasteiger partial charge < -0.3 is 9.45 Å². The van der Waals surface area contributed by atoms with Crippen molar-refractivity contribution in [2.24, 2.45) is 0 Å². The number of hydrogen-bond donors (Lipinski definition) is 0. The van der Waals surface area contributed by atoms with Gasteiger partial charge in [0.2, 0.25) is 5.70 Å². The molecule has 13 heteroatoms. The number of rotatable bonds is 3. The normalized spacial score (nSPS) is 16.6. The van der Waals surface area contributed by atoms with Crippen LogP contribution in [0.15, 0.2) is 58.8 Å². The molecule has 2 amide bonds. The zero-order valence-corrected chi connectivity index (χ0v) is 20.9. The fourth-order valence-electron chi connectivity index (χ4n) is 3.58. The Morgan fingerprint density at radius 3 is 2.38 bits per heavy atom. The third kappa shape index (κ3) is 4.97. The number of benzene rings is 2. The summed E-state index contributed by atoms with van der Waals surface area (Å²) in [6, 6.07) is 6.78. The van der Waals surface area contributed by atoms with Crippen molar-refractivity contribution in [2.45, 2.75) is 24.0 Å². The van der Waals surface area contributed by atoms with E-state index in [9.17, 15) is 30.9 Å². The van der Waals surface area contributed by atoms with E-state index >= 15 is 0 Å². The Morgan fingerprint density at radius 1 is 1.21 bits per heavy atom. The predicted molar refractivity (Wildman–Crippen MR) is 108 cm³/mol. The van der Waals surface area contributed by atoms with Gasteiger partial charge in [0.1, 0.15) is 10.1 Å². The molecule has 0 saturated carbocycles. The van der Waals surface area contributed by atoms with Crippen LogP contribution in [0.3, 0.4) is 0 Å². The number of nitriles is 1. The molecule has 170 valence electrons. The number of carbonyl (C=O) groups is 1. The van der Waals surface area contributed by atoms with Gasteiger partial charge >= 0.3 is 41.8 Å². The van der Waals surface area contributed by atoms with Crippen molar-refractivity contribution < 1.29 is 60.5 Å². The van der Waals surface area contributed by atoms with Gasteiger partial charge in [0, 0.05) is 18.4 Å². The maximum atomic E-state index is 13.2. The van der Waals surface area contributed by atoms with Gasteiger partial charge in [-0.25, -0.2) is 18.1 Å². The van der Waals surface area contributed by atoms with E-state index in [1.807, 2.05) is 0 Å². The minimum absolute atomic E-state index is 0. The number of urea groups is 1. The van der Waals surface area contributed by atoms with Crippen molar-refractivity contribution in [1.82, 2.24) is 4.90 Å². The predicted octanol–water partition coefficient (Wildman–Crippen LogP) is 1.25. The Hall–Kier alpha value is -2.87. The molecular weight excluding hydrogens is 484 g/mol. The smallest absolute Gasteiger partial charge is 0.744 e. The maximum Gasteiger partial charge on any atom is 1.00 e. The molecule has 0 N–H and O–H groups in total. The number of hydrogen-bond acceptors (Lipinski definition) is 5. The van der Waals surface area contributed by atoms with Crippen LogP contribution in [0.5, 0.6) is 0 Å². The van der Waals surface area contributed by atoms with E-state index in [2.05, 4.69) is 4.85 Å². The van der Waals surface area contributed by atoms with Crippen LogP contribution in [-0.4, -0.2) is 30.9 Å². The number of anilines is 1.